The Morgan fingerprint density at radius 2 is 1.52 bits per heavy atom. The molecule has 1 aromatic rings. The Morgan fingerprint density at radius 3 is 2.09 bits per heavy atom. The van der Waals surface area contributed by atoms with E-state index in [1.165, 1.54) is 31.4 Å². The van der Waals surface area contributed by atoms with E-state index in [1.54, 1.807) is 12.1 Å². The molecule has 122 valence electrons. The fourth-order valence-corrected chi connectivity index (χ4v) is 5.30. The van der Waals surface area contributed by atoms with Crippen molar-refractivity contribution in [1.82, 2.24) is 5.32 Å². The molecule has 4 aliphatic carbocycles. The highest BCUT2D eigenvalue weighted by Gasteiger charge is 2.51. The topological polar surface area (TPSA) is 58.2 Å². The molecule has 0 unspecified atom stereocenters. The minimum absolute atomic E-state index is 0.0400. The summed E-state index contributed by atoms with van der Waals surface area (Å²) in [5.41, 5.74) is -0.170. The third-order valence-corrected chi connectivity index (χ3v) is 5.75. The van der Waals surface area contributed by atoms with E-state index in [2.05, 4.69) is 10.6 Å². The standard InChI is InChI=1S/C18H21FN2O2/c19-14-3-1-2-4-15(14)20-16(22)17(23)21-18-8-11-5-12(9-18)7-13(6-11)10-18/h1-4,11-13H,5-10H2,(H,20,22)(H,21,23). The van der Waals surface area contributed by atoms with Gasteiger partial charge in [-0.25, -0.2) is 4.39 Å². The SMILES string of the molecule is O=C(Nc1ccccc1F)C(=O)NC12CC3CC(CC(C3)C1)C2. The predicted octanol–water partition coefficient (Wildman–Crippen LogP) is 2.85. The molecule has 0 radical (unpaired) electrons. The zero-order valence-corrected chi connectivity index (χ0v) is 13.0. The predicted molar refractivity (Wildman–Crippen MR) is 84.1 cm³/mol. The van der Waals surface area contributed by atoms with Gasteiger partial charge in [0.15, 0.2) is 0 Å². The Kier molecular flexibility index (Phi) is 3.39. The number of benzene rings is 1. The Bertz CT molecular complexity index is 623. The van der Waals surface area contributed by atoms with E-state index in [0.717, 1.165) is 19.3 Å². The summed E-state index contributed by atoms with van der Waals surface area (Å²) in [6, 6.07) is 5.87. The zero-order chi connectivity index (χ0) is 16.0. The van der Waals surface area contributed by atoms with Gasteiger partial charge in [0.05, 0.1) is 5.69 Å². The molecule has 0 heterocycles. The van der Waals surface area contributed by atoms with Crippen LogP contribution in [0.5, 0.6) is 0 Å². The van der Waals surface area contributed by atoms with Gasteiger partial charge >= 0.3 is 11.8 Å². The normalized spacial score (nSPS) is 34.2. The summed E-state index contributed by atoms with van der Waals surface area (Å²) in [4.78, 5) is 24.4. The molecule has 0 aliphatic heterocycles. The Labute approximate surface area is 134 Å². The van der Waals surface area contributed by atoms with Gasteiger partial charge in [-0.2, -0.15) is 0 Å². The minimum atomic E-state index is -0.786. The van der Waals surface area contributed by atoms with Crippen LogP contribution in [-0.2, 0) is 9.59 Å². The minimum Gasteiger partial charge on any atom is -0.342 e. The lowest BCUT2D eigenvalue weighted by Crippen LogP contribution is -2.61. The molecule has 5 heteroatoms. The van der Waals surface area contributed by atoms with E-state index in [1.807, 2.05) is 0 Å². The first-order valence-electron chi connectivity index (χ1n) is 8.41. The van der Waals surface area contributed by atoms with Crippen LogP contribution in [0.25, 0.3) is 0 Å². The molecule has 2 N–H and O–H groups in total. The maximum atomic E-state index is 13.6. The Balaban J connectivity index is 1.44. The summed E-state index contributed by atoms with van der Waals surface area (Å²) in [6.07, 6.45) is 6.77. The number of nitrogens with one attached hydrogen (secondary N) is 2. The first-order valence-corrected chi connectivity index (χ1v) is 8.41. The van der Waals surface area contributed by atoms with Crippen molar-refractivity contribution in [3.05, 3.63) is 30.1 Å². The third-order valence-electron chi connectivity index (χ3n) is 5.75. The molecular weight excluding hydrogens is 295 g/mol. The Morgan fingerprint density at radius 1 is 0.957 bits per heavy atom. The molecular formula is C18H21FN2O2. The summed E-state index contributed by atoms with van der Waals surface area (Å²) in [5, 5.41) is 5.36. The van der Waals surface area contributed by atoms with Crippen molar-refractivity contribution in [2.75, 3.05) is 5.32 Å². The van der Waals surface area contributed by atoms with Crippen molar-refractivity contribution in [2.24, 2.45) is 17.8 Å². The van der Waals surface area contributed by atoms with Gasteiger partial charge in [-0.05, 0) is 68.4 Å². The van der Waals surface area contributed by atoms with Gasteiger partial charge in [-0.3, -0.25) is 9.59 Å². The molecule has 5 rings (SSSR count). The molecule has 23 heavy (non-hydrogen) atoms. The number of halogens is 1. The maximum Gasteiger partial charge on any atom is 0.313 e. The number of rotatable bonds is 2. The van der Waals surface area contributed by atoms with Crippen molar-refractivity contribution >= 4 is 17.5 Å². The molecule has 0 atom stereocenters. The highest BCUT2D eigenvalue weighted by Crippen LogP contribution is 2.55. The van der Waals surface area contributed by atoms with E-state index < -0.39 is 17.6 Å². The van der Waals surface area contributed by atoms with Gasteiger partial charge in [-0.15, -0.1) is 0 Å². The second-order valence-electron chi connectivity index (χ2n) is 7.59. The lowest BCUT2D eigenvalue weighted by atomic mass is 9.53. The van der Waals surface area contributed by atoms with Crippen molar-refractivity contribution < 1.29 is 14.0 Å². The maximum absolute atomic E-state index is 13.6. The van der Waals surface area contributed by atoms with Crippen LogP contribution in [0.4, 0.5) is 10.1 Å². The van der Waals surface area contributed by atoms with Crippen LogP contribution in [0.15, 0.2) is 24.3 Å². The highest BCUT2D eigenvalue weighted by molar-refractivity contribution is 6.39. The van der Waals surface area contributed by atoms with Crippen LogP contribution in [0.2, 0.25) is 0 Å². The molecule has 0 saturated heterocycles. The number of amides is 2. The van der Waals surface area contributed by atoms with E-state index in [-0.39, 0.29) is 11.2 Å². The summed E-state index contributed by atoms with van der Waals surface area (Å²) < 4.78 is 13.6. The molecule has 2 amide bonds. The van der Waals surface area contributed by atoms with E-state index in [4.69, 9.17) is 0 Å². The molecule has 4 saturated carbocycles. The molecule has 4 bridgehead atoms. The van der Waals surface area contributed by atoms with E-state index >= 15 is 0 Å². The molecule has 4 fully saturated rings. The average Bonchev–Trinajstić information content (AvgIpc) is 2.47. The van der Waals surface area contributed by atoms with Gasteiger partial charge in [-0.1, -0.05) is 12.1 Å². The lowest BCUT2D eigenvalue weighted by molar-refractivity contribution is -0.139. The molecule has 0 aromatic heterocycles. The fraction of sp³-hybridized carbons (Fsp3) is 0.556. The number of anilines is 1. The van der Waals surface area contributed by atoms with Crippen LogP contribution >= 0.6 is 0 Å². The van der Waals surface area contributed by atoms with Crippen molar-refractivity contribution in [2.45, 2.75) is 44.1 Å². The van der Waals surface area contributed by atoms with E-state index in [9.17, 15) is 14.0 Å². The lowest BCUT2D eigenvalue weighted by Gasteiger charge is -2.56. The van der Waals surface area contributed by atoms with Crippen molar-refractivity contribution in [3.8, 4) is 0 Å². The Hall–Kier alpha value is -1.91. The van der Waals surface area contributed by atoms with E-state index in [0.29, 0.717) is 17.8 Å². The summed E-state index contributed by atoms with van der Waals surface area (Å²) >= 11 is 0. The monoisotopic (exact) mass is 316 g/mol. The van der Waals surface area contributed by atoms with Crippen LogP contribution in [-0.4, -0.2) is 17.4 Å². The second kappa shape index (κ2) is 5.32. The number of para-hydroxylation sites is 1. The van der Waals surface area contributed by atoms with Crippen LogP contribution < -0.4 is 10.6 Å². The van der Waals surface area contributed by atoms with Gasteiger partial charge in [0.25, 0.3) is 0 Å². The molecule has 4 nitrogen and oxygen atoms in total. The smallest absolute Gasteiger partial charge is 0.313 e. The fourth-order valence-electron chi connectivity index (χ4n) is 5.30. The van der Waals surface area contributed by atoms with Gasteiger partial charge in [0.1, 0.15) is 5.82 Å². The number of carbonyl (C=O) groups is 2. The average molecular weight is 316 g/mol. The quantitative estimate of drug-likeness (QED) is 0.824. The first kappa shape index (κ1) is 14.7. The largest absolute Gasteiger partial charge is 0.342 e. The summed E-state index contributed by atoms with van der Waals surface area (Å²) in [6.45, 7) is 0. The van der Waals surface area contributed by atoms with Crippen LogP contribution in [0, 0.1) is 23.6 Å². The zero-order valence-electron chi connectivity index (χ0n) is 13.0. The molecule has 1 aromatic carbocycles. The summed E-state index contributed by atoms with van der Waals surface area (Å²) in [5.74, 6) is 0.105. The highest BCUT2D eigenvalue weighted by atomic mass is 19.1. The first-order chi connectivity index (χ1) is 11.0. The van der Waals surface area contributed by atoms with Gasteiger partial charge in [0.2, 0.25) is 0 Å². The summed E-state index contributed by atoms with van der Waals surface area (Å²) in [7, 11) is 0. The number of hydrogen-bond acceptors (Lipinski definition) is 2. The van der Waals surface area contributed by atoms with Crippen LogP contribution in [0.3, 0.4) is 0 Å². The number of hydrogen-bond donors (Lipinski definition) is 2. The molecule has 4 aliphatic rings. The van der Waals surface area contributed by atoms with Gasteiger partial charge in [0, 0.05) is 5.54 Å². The second-order valence-corrected chi connectivity index (χ2v) is 7.59. The van der Waals surface area contributed by atoms with Crippen LogP contribution in [0.1, 0.15) is 38.5 Å². The van der Waals surface area contributed by atoms with Gasteiger partial charge < -0.3 is 10.6 Å². The van der Waals surface area contributed by atoms with Crippen molar-refractivity contribution in [1.29, 1.82) is 0 Å². The molecule has 0 spiro atoms. The van der Waals surface area contributed by atoms with Crippen molar-refractivity contribution in [3.63, 3.8) is 0 Å². The number of carbonyl (C=O) groups excluding carboxylic acids is 2. The third kappa shape index (κ3) is 2.73.